The van der Waals surface area contributed by atoms with Gasteiger partial charge in [0.1, 0.15) is 0 Å². The summed E-state index contributed by atoms with van der Waals surface area (Å²) in [5, 5.41) is 0. The van der Waals surface area contributed by atoms with E-state index < -0.39 is 0 Å². The number of rotatable bonds is 5. The van der Waals surface area contributed by atoms with Gasteiger partial charge >= 0.3 is 0 Å². The van der Waals surface area contributed by atoms with E-state index in [-0.39, 0.29) is 0 Å². The third-order valence-corrected chi connectivity index (χ3v) is 3.24. The second-order valence-corrected chi connectivity index (χ2v) is 4.59. The maximum absolute atomic E-state index is 3.92. The lowest BCUT2D eigenvalue weighted by Crippen LogP contribution is -1.97. The number of allylic oxidation sites excluding steroid dienone is 7. The Labute approximate surface area is 172 Å². The van der Waals surface area contributed by atoms with Crippen molar-refractivity contribution < 1.29 is 0 Å². The van der Waals surface area contributed by atoms with Crippen LogP contribution in [0, 0.1) is 13.8 Å². The molecule has 0 saturated heterocycles. The molecule has 0 unspecified atom stereocenters. The highest BCUT2D eigenvalue weighted by Gasteiger charge is 2.12. The molecule has 0 N–H and O–H groups in total. The molecule has 0 bridgehead atoms. The zero-order chi connectivity index (χ0) is 22.4. The molecule has 0 radical (unpaired) electrons. The van der Waals surface area contributed by atoms with Crippen LogP contribution in [0.15, 0.2) is 73.4 Å². The molecule has 0 aliphatic carbocycles. The van der Waals surface area contributed by atoms with E-state index in [1.54, 1.807) is 6.08 Å². The van der Waals surface area contributed by atoms with Crippen LogP contribution in [0.1, 0.15) is 79.0 Å². The first-order valence-electron chi connectivity index (χ1n) is 10.4. The van der Waals surface area contributed by atoms with Gasteiger partial charge in [-0.05, 0) is 54.2 Å². The fourth-order valence-corrected chi connectivity index (χ4v) is 2.26. The van der Waals surface area contributed by atoms with Crippen LogP contribution in [-0.2, 0) is 0 Å². The Balaban J connectivity index is -0.000000292. The summed E-state index contributed by atoms with van der Waals surface area (Å²) in [5.41, 5.74) is 7.17. The van der Waals surface area contributed by atoms with E-state index in [9.17, 15) is 0 Å². The minimum Gasteiger partial charge on any atom is -0.0990 e. The van der Waals surface area contributed by atoms with E-state index in [0.717, 1.165) is 11.1 Å². The molecule has 27 heavy (non-hydrogen) atoms. The van der Waals surface area contributed by atoms with Gasteiger partial charge in [0, 0.05) is 0 Å². The minimum absolute atomic E-state index is 1.07. The Bertz CT molecular complexity index is 545. The molecule has 0 fully saturated rings. The van der Waals surface area contributed by atoms with Crippen molar-refractivity contribution >= 4 is 5.57 Å². The summed E-state index contributed by atoms with van der Waals surface area (Å²) in [6, 6.07) is 6.35. The van der Waals surface area contributed by atoms with Crippen molar-refractivity contribution in [2.24, 2.45) is 0 Å². The normalized spacial score (nSPS) is 9.81. The third-order valence-electron chi connectivity index (χ3n) is 3.24. The SMILES string of the molecule is C=C/C=C(C=C)\C(=C(/C)C=C)c1c(C)cccc1C.CC.CC.CC.CC. The molecule has 0 atom stereocenters. The minimum atomic E-state index is 1.07. The van der Waals surface area contributed by atoms with E-state index >= 15 is 0 Å². The lowest BCUT2D eigenvalue weighted by atomic mass is 9.87. The summed E-state index contributed by atoms with van der Waals surface area (Å²) in [4.78, 5) is 0. The van der Waals surface area contributed by atoms with Gasteiger partial charge in [0.2, 0.25) is 0 Å². The van der Waals surface area contributed by atoms with E-state index in [1.807, 2.05) is 73.6 Å². The Morgan fingerprint density at radius 1 is 0.741 bits per heavy atom. The summed E-state index contributed by atoms with van der Waals surface area (Å²) in [6.07, 6.45) is 7.54. The second-order valence-electron chi connectivity index (χ2n) is 4.59. The molecule has 0 nitrogen and oxygen atoms in total. The molecule has 0 aliphatic rings. The molecule has 0 aliphatic heterocycles. The van der Waals surface area contributed by atoms with Crippen molar-refractivity contribution in [1.82, 2.24) is 0 Å². The van der Waals surface area contributed by atoms with Gasteiger partial charge in [-0.15, -0.1) is 0 Å². The fourth-order valence-electron chi connectivity index (χ4n) is 2.26. The van der Waals surface area contributed by atoms with Crippen LogP contribution in [0.5, 0.6) is 0 Å². The Hall–Kier alpha value is -2.08. The van der Waals surface area contributed by atoms with Crippen molar-refractivity contribution in [2.75, 3.05) is 0 Å². The Kier molecular flexibility index (Phi) is 28.9. The third kappa shape index (κ3) is 12.0. The number of benzene rings is 1. The molecule has 0 spiro atoms. The molecule has 0 amide bonds. The van der Waals surface area contributed by atoms with Gasteiger partial charge < -0.3 is 0 Å². The maximum atomic E-state index is 3.92. The first-order valence-corrected chi connectivity index (χ1v) is 10.4. The smallest absolute Gasteiger partial charge is 0.00772 e. The summed E-state index contributed by atoms with van der Waals surface area (Å²) in [6.45, 7) is 33.9. The standard InChI is InChI=1S/C19H22.4C2H6/c1-7-11-17(9-3)19(14(4)8-2)18-15(5)12-10-13-16(18)6;4*1-2/h7-13H,1-3H2,4-6H3;4*1-2H3/b17-11-,19-14-;;;;. The van der Waals surface area contributed by atoms with Gasteiger partial charge in [-0.2, -0.15) is 0 Å². The van der Waals surface area contributed by atoms with Crippen molar-refractivity contribution in [2.45, 2.75) is 76.2 Å². The predicted molar refractivity (Wildman–Crippen MR) is 133 cm³/mol. The Morgan fingerprint density at radius 3 is 1.44 bits per heavy atom. The van der Waals surface area contributed by atoms with Crippen LogP contribution in [0.4, 0.5) is 0 Å². The molecule has 1 rings (SSSR count). The molecule has 1 aromatic rings. The number of hydrogen-bond acceptors (Lipinski definition) is 0. The molecular weight excluding hydrogens is 324 g/mol. The van der Waals surface area contributed by atoms with Crippen molar-refractivity contribution in [3.8, 4) is 0 Å². The lowest BCUT2D eigenvalue weighted by Gasteiger charge is -2.17. The average molecular weight is 371 g/mol. The molecule has 154 valence electrons. The number of aryl methyl sites for hydroxylation is 2. The van der Waals surface area contributed by atoms with Gasteiger partial charge in [-0.25, -0.2) is 0 Å². The van der Waals surface area contributed by atoms with Gasteiger partial charge in [0.15, 0.2) is 0 Å². The molecule has 0 saturated carbocycles. The number of hydrogen-bond donors (Lipinski definition) is 0. The molecule has 0 heterocycles. The van der Waals surface area contributed by atoms with E-state index in [1.165, 1.54) is 22.3 Å². The molecule has 0 aromatic heterocycles. The van der Waals surface area contributed by atoms with Gasteiger partial charge in [0.25, 0.3) is 0 Å². The van der Waals surface area contributed by atoms with Crippen LogP contribution < -0.4 is 0 Å². The van der Waals surface area contributed by atoms with Gasteiger partial charge in [-0.3, -0.25) is 0 Å². The fraction of sp³-hybridized carbons (Fsp3) is 0.407. The first-order chi connectivity index (χ1) is 13.1. The second kappa shape index (κ2) is 23.9. The topological polar surface area (TPSA) is 0 Å². The Morgan fingerprint density at radius 2 is 1.15 bits per heavy atom. The maximum Gasteiger partial charge on any atom is -0.00772 e. The summed E-state index contributed by atoms with van der Waals surface area (Å²) >= 11 is 0. The van der Waals surface area contributed by atoms with Crippen LogP contribution in [-0.4, -0.2) is 0 Å². The summed E-state index contributed by atoms with van der Waals surface area (Å²) in [7, 11) is 0. The molecular formula is C27H46. The first kappa shape index (κ1) is 32.6. The van der Waals surface area contributed by atoms with Crippen LogP contribution >= 0.6 is 0 Å². The zero-order valence-corrected chi connectivity index (χ0v) is 20.2. The molecule has 1 aromatic carbocycles. The van der Waals surface area contributed by atoms with E-state index in [0.29, 0.717) is 0 Å². The quantitative estimate of drug-likeness (QED) is 0.452. The summed E-state index contributed by atoms with van der Waals surface area (Å²) < 4.78 is 0. The highest BCUT2D eigenvalue weighted by molar-refractivity contribution is 5.87. The van der Waals surface area contributed by atoms with Crippen molar-refractivity contribution in [1.29, 1.82) is 0 Å². The molecule has 0 heteroatoms. The van der Waals surface area contributed by atoms with E-state index in [2.05, 4.69) is 58.7 Å². The van der Waals surface area contributed by atoms with Gasteiger partial charge in [0.05, 0.1) is 0 Å². The predicted octanol–water partition coefficient (Wildman–Crippen LogP) is 9.67. The van der Waals surface area contributed by atoms with Crippen molar-refractivity contribution in [3.05, 3.63) is 90.1 Å². The van der Waals surface area contributed by atoms with Crippen LogP contribution in [0.2, 0.25) is 0 Å². The van der Waals surface area contributed by atoms with Crippen molar-refractivity contribution in [3.63, 3.8) is 0 Å². The lowest BCUT2D eigenvalue weighted by molar-refractivity contribution is 1.32. The highest BCUT2D eigenvalue weighted by Crippen LogP contribution is 2.32. The average Bonchev–Trinajstić information content (AvgIpc) is 2.75. The zero-order valence-electron chi connectivity index (χ0n) is 20.2. The monoisotopic (exact) mass is 370 g/mol. The van der Waals surface area contributed by atoms with Crippen LogP contribution in [0.3, 0.4) is 0 Å². The van der Waals surface area contributed by atoms with Crippen LogP contribution in [0.25, 0.3) is 5.57 Å². The highest BCUT2D eigenvalue weighted by atomic mass is 14.2. The van der Waals surface area contributed by atoms with E-state index in [4.69, 9.17) is 0 Å². The summed E-state index contributed by atoms with van der Waals surface area (Å²) in [5.74, 6) is 0. The van der Waals surface area contributed by atoms with Gasteiger partial charge in [-0.1, -0.05) is 118 Å². The largest absolute Gasteiger partial charge is 0.0990 e.